The number of nitrogens with one attached hydrogen (secondary N) is 1. The third-order valence-corrected chi connectivity index (χ3v) is 2.88. The number of carbonyl (C=O) groups is 2. The van der Waals surface area contributed by atoms with Gasteiger partial charge in [-0.25, -0.2) is 9.59 Å². The van der Waals surface area contributed by atoms with Crippen molar-refractivity contribution < 1.29 is 19.1 Å². The van der Waals surface area contributed by atoms with Crippen molar-refractivity contribution in [1.29, 1.82) is 0 Å². The van der Waals surface area contributed by atoms with Crippen molar-refractivity contribution in [1.82, 2.24) is 5.32 Å². The molecule has 0 spiro atoms. The molecule has 1 aliphatic carbocycles. The fourth-order valence-corrected chi connectivity index (χ4v) is 2.14. The zero-order valence-electron chi connectivity index (χ0n) is 11.0. The van der Waals surface area contributed by atoms with Gasteiger partial charge in [0.1, 0.15) is 11.1 Å². The average molecular weight is 278 g/mol. The number of halogens is 1. The van der Waals surface area contributed by atoms with E-state index < -0.39 is 23.2 Å². The molecule has 1 saturated carbocycles. The molecule has 0 radical (unpaired) electrons. The maximum Gasteiger partial charge on any atom is 0.408 e. The highest BCUT2D eigenvalue weighted by atomic mass is 35.5. The lowest BCUT2D eigenvalue weighted by atomic mass is 9.98. The predicted molar refractivity (Wildman–Crippen MR) is 67.4 cm³/mol. The first-order chi connectivity index (χ1) is 8.29. The molecule has 0 aromatic rings. The average Bonchev–Trinajstić information content (AvgIpc) is 2.64. The quantitative estimate of drug-likeness (QED) is 0.636. The Hall–Kier alpha value is -0.970. The van der Waals surface area contributed by atoms with Gasteiger partial charge in [-0.15, -0.1) is 0 Å². The molecule has 1 fully saturated rings. The minimum atomic E-state index is -0.975. The Bertz CT molecular complexity index is 319. The van der Waals surface area contributed by atoms with Crippen molar-refractivity contribution >= 4 is 23.7 Å². The minimum Gasteiger partial charge on any atom is -0.448 e. The highest BCUT2D eigenvalue weighted by molar-refractivity contribution is 6.17. The van der Waals surface area contributed by atoms with Crippen molar-refractivity contribution in [3.63, 3.8) is 0 Å². The topological polar surface area (TPSA) is 64.6 Å². The molecular formula is C12H20ClNO4. The number of ether oxygens (including phenoxy) is 2. The van der Waals surface area contributed by atoms with Crippen LogP contribution in [-0.2, 0) is 14.3 Å². The molecule has 0 atom stereocenters. The van der Waals surface area contributed by atoms with Crippen molar-refractivity contribution in [2.75, 3.05) is 6.07 Å². The van der Waals surface area contributed by atoms with Crippen LogP contribution in [0.2, 0.25) is 0 Å². The number of amides is 1. The molecule has 0 bridgehead atoms. The second-order valence-corrected chi connectivity index (χ2v) is 5.68. The van der Waals surface area contributed by atoms with Crippen molar-refractivity contribution in [3.8, 4) is 0 Å². The Kier molecular flexibility index (Phi) is 4.85. The summed E-state index contributed by atoms with van der Waals surface area (Å²) in [4.78, 5) is 23.6. The Morgan fingerprint density at radius 2 is 1.83 bits per heavy atom. The van der Waals surface area contributed by atoms with Gasteiger partial charge in [0, 0.05) is 0 Å². The van der Waals surface area contributed by atoms with E-state index in [9.17, 15) is 9.59 Å². The van der Waals surface area contributed by atoms with Crippen LogP contribution in [0.15, 0.2) is 0 Å². The lowest BCUT2D eigenvalue weighted by Crippen LogP contribution is -2.54. The molecule has 0 aliphatic heterocycles. The summed E-state index contributed by atoms with van der Waals surface area (Å²) in [5.74, 6) is -0.485. The third-order valence-electron chi connectivity index (χ3n) is 2.77. The number of alkyl carbamates (subject to hydrolysis) is 1. The summed E-state index contributed by atoms with van der Waals surface area (Å²) in [5, 5.41) is 2.64. The van der Waals surface area contributed by atoms with Crippen LogP contribution < -0.4 is 5.32 Å². The monoisotopic (exact) mass is 277 g/mol. The van der Waals surface area contributed by atoms with Gasteiger partial charge in [0.15, 0.2) is 6.07 Å². The minimum absolute atomic E-state index is 0.212. The molecule has 5 nitrogen and oxygen atoms in total. The zero-order chi connectivity index (χ0) is 13.8. The first-order valence-electron chi connectivity index (χ1n) is 6.03. The second-order valence-electron chi connectivity index (χ2n) is 5.46. The molecule has 6 heteroatoms. The van der Waals surface area contributed by atoms with Gasteiger partial charge in [0.2, 0.25) is 0 Å². The molecule has 18 heavy (non-hydrogen) atoms. The van der Waals surface area contributed by atoms with Gasteiger partial charge in [-0.2, -0.15) is 0 Å². The van der Waals surface area contributed by atoms with E-state index >= 15 is 0 Å². The lowest BCUT2D eigenvalue weighted by Gasteiger charge is -2.29. The van der Waals surface area contributed by atoms with Crippen LogP contribution in [0.3, 0.4) is 0 Å². The summed E-state index contributed by atoms with van der Waals surface area (Å²) in [6.07, 6.45) is 2.25. The van der Waals surface area contributed by atoms with E-state index in [1.165, 1.54) is 0 Å². The smallest absolute Gasteiger partial charge is 0.408 e. The first-order valence-corrected chi connectivity index (χ1v) is 6.57. The largest absolute Gasteiger partial charge is 0.448 e. The molecule has 104 valence electrons. The summed E-state index contributed by atoms with van der Waals surface area (Å²) in [5.41, 5.74) is -1.57. The van der Waals surface area contributed by atoms with Crippen LogP contribution in [0.4, 0.5) is 4.79 Å². The summed E-state index contributed by atoms with van der Waals surface area (Å²) < 4.78 is 9.98. The van der Waals surface area contributed by atoms with Crippen LogP contribution in [0.25, 0.3) is 0 Å². The molecule has 1 N–H and O–H groups in total. The zero-order valence-corrected chi connectivity index (χ0v) is 11.8. The van der Waals surface area contributed by atoms with Crippen molar-refractivity contribution in [3.05, 3.63) is 0 Å². The van der Waals surface area contributed by atoms with Gasteiger partial charge in [-0.05, 0) is 33.6 Å². The first kappa shape index (κ1) is 15.1. The van der Waals surface area contributed by atoms with E-state index in [2.05, 4.69) is 5.32 Å². The number of esters is 1. The summed E-state index contributed by atoms with van der Waals surface area (Å²) in [7, 11) is 0. The number of hydrogen-bond donors (Lipinski definition) is 1. The van der Waals surface area contributed by atoms with Gasteiger partial charge in [0.05, 0.1) is 0 Å². The SMILES string of the molecule is CC(C)(C)OC(=O)NC1(C(=O)OCCl)CCCC1. The third kappa shape index (κ3) is 4.05. The van der Waals surface area contributed by atoms with Crippen molar-refractivity contribution in [2.45, 2.75) is 57.6 Å². The highest BCUT2D eigenvalue weighted by Crippen LogP contribution is 2.31. The summed E-state index contributed by atoms with van der Waals surface area (Å²) in [6.45, 7) is 5.31. The predicted octanol–water partition coefficient (Wildman–Crippen LogP) is 2.56. The fraction of sp³-hybridized carbons (Fsp3) is 0.833. The molecular weight excluding hydrogens is 258 g/mol. The van der Waals surface area contributed by atoms with Crippen LogP contribution in [0.5, 0.6) is 0 Å². The maximum atomic E-state index is 11.9. The van der Waals surface area contributed by atoms with Crippen LogP contribution in [0.1, 0.15) is 46.5 Å². The fourth-order valence-electron chi connectivity index (χ4n) is 2.05. The van der Waals surface area contributed by atoms with Crippen LogP contribution >= 0.6 is 11.6 Å². The molecule has 0 unspecified atom stereocenters. The standard InChI is InChI=1S/C12H20ClNO4/c1-11(2,3)18-10(16)14-12(6-4-5-7-12)9(15)17-8-13/h4-8H2,1-3H3,(H,14,16). The second kappa shape index (κ2) is 5.78. The van der Waals surface area contributed by atoms with E-state index in [0.29, 0.717) is 12.8 Å². The van der Waals surface area contributed by atoms with E-state index in [1.807, 2.05) is 0 Å². The normalized spacial score (nSPS) is 18.2. The van der Waals surface area contributed by atoms with E-state index in [-0.39, 0.29) is 6.07 Å². The van der Waals surface area contributed by atoms with Gasteiger partial charge in [-0.1, -0.05) is 24.4 Å². The lowest BCUT2D eigenvalue weighted by molar-refractivity contribution is -0.149. The molecule has 0 aromatic heterocycles. The molecule has 0 aromatic carbocycles. The van der Waals surface area contributed by atoms with Gasteiger partial charge < -0.3 is 14.8 Å². The van der Waals surface area contributed by atoms with Gasteiger partial charge >= 0.3 is 12.1 Å². The maximum absolute atomic E-state index is 11.9. The van der Waals surface area contributed by atoms with E-state index in [4.69, 9.17) is 21.1 Å². The number of carbonyl (C=O) groups excluding carboxylic acids is 2. The van der Waals surface area contributed by atoms with E-state index in [0.717, 1.165) is 12.8 Å². The van der Waals surface area contributed by atoms with E-state index in [1.54, 1.807) is 20.8 Å². The Labute approximate surface area is 112 Å². The van der Waals surface area contributed by atoms with Crippen LogP contribution in [0, 0.1) is 0 Å². The number of alkyl halides is 1. The molecule has 0 saturated heterocycles. The van der Waals surface area contributed by atoms with Gasteiger partial charge in [-0.3, -0.25) is 0 Å². The van der Waals surface area contributed by atoms with Crippen LogP contribution in [-0.4, -0.2) is 29.3 Å². The molecule has 1 aliphatic rings. The summed E-state index contributed by atoms with van der Waals surface area (Å²) >= 11 is 5.39. The van der Waals surface area contributed by atoms with Crippen molar-refractivity contribution in [2.24, 2.45) is 0 Å². The number of rotatable bonds is 3. The summed E-state index contributed by atoms with van der Waals surface area (Å²) in [6, 6.07) is -0.212. The Balaban J connectivity index is 2.69. The molecule has 1 rings (SSSR count). The Morgan fingerprint density at radius 3 is 2.28 bits per heavy atom. The highest BCUT2D eigenvalue weighted by Gasteiger charge is 2.44. The van der Waals surface area contributed by atoms with Gasteiger partial charge in [0.25, 0.3) is 0 Å². The molecule has 1 amide bonds. The number of hydrogen-bond acceptors (Lipinski definition) is 4. The Morgan fingerprint density at radius 1 is 1.28 bits per heavy atom. The molecule has 0 heterocycles.